The first-order chi connectivity index (χ1) is 6.97. The highest BCUT2D eigenvalue weighted by atomic mass is 16.5. The zero-order chi connectivity index (χ0) is 11.9. The van der Waals surface area contributed by atoms with Crippen molar-refractivity contribution in [2.75, 3.05) is 13.3 Å². The topological polar surface area (TPSA) is 29.5 Å². The molecule has 0 rings (SSSR count). The molecule has 0 atom stereocenters. The minimum atomic E-state index is -0.275. The number of hydrogen-bond acceptors (Lipinski definition) is 3. The van der Waals surface area contributed by atoms with Crippen molar-refractivity contribution in [2.45, 2.75) is 46.6 Å². The molecule has 88 valence electrons. The van der Waals surface area contributed by atoms with Gasteiger partial charge in [-0.05, 0) is 33.7 Å². The van der Waals surface area contributed by atoms with Gasteiger partial charge in [-0.3, -0.25) is 4.90 Å². The number of carbonyl (C=O) groups excluding carboxylic acids is 1. The van der Waals surface area contributed by atoms with Crippen molar-refractivity contribution in [1.29, 1.82) is 0 Å². The molecule has 3 nitrogen and oxygen atoms in total. The molecule has 0 radical (unpaired) electrons. The molecule has 0 spiro atoms. The number of nitrogens with zero attached hydrogens (tertiary/aromatic N) is 1. The summed E-state index contributed by atoms with van der Waals surface area (Å²) in [5.41, 5.74) is 0.0744. The number of hydrogen-bond donors (Lipinski definition) is 0. The number of ether oxygens (including phenoxy) is 1. The van der Waals surface area contributed by atoms with Gasteiger partial charge < -0.3 is 4.74 Å². The van der Waals surface area contributed by atoms with E-state index in [2.05, 4.69) is 32.6 Å². The molecule has 0 aromatic carbocycles. The van der Waals surface area contributed by atoms with Crippen LogP contribution in [0, 0.1) is 0 Å². The van der Waals surface area contributed by atoms with E-state index in [1.807, 2.05) is 0 Å². The normalized spacial score (nSPS) is 12.4. The van der Waals surface area contributed by atoms with E-state index in [1.165, 1.54) is 6.08 Å². The van der Waals surface area contributed by atoms with Gasteiger partial charge in [0, 0.05) is 11.6 Å². The molecule has 0 aromatic rings. The number of rotatable bonds is 6. The highest BCUT2D eigenvalue weighted by molar-refractivity contribution is 5.81. The van der Waals surface area contributed by atoms with Gasteiger partial charge in [-0.25, -0.2) is 4.79 Å². The molecule has 0 saturated carbocycles. The summed E-state index contributed by atoms with van der Waals surface area (Å²) in [7, 11) is 0. The molecule has 0 amide bonds. The van der Waals surface area contributed by atoms with E-state index in [9.17, 15) is 4.79 Å². The summed E-state index contributed by atoms with van der Waals surface area (Å²) >= 11 is 0. The van der Waals surface area contributed by atoms with Gasteiger partial charge in [0.15, 0.2) is 0 Å². The minimum absolute atomic E-state index is 0.0744. The van der Waals surface area contributed by atoms with Gasteiger partial charge in [0.2, 0.25) is 0 Å². The Morgan fingerprint density at radius 1 is 1.40 bits per heavy atom. The lowest BCUT2D eigenvalue weighted by molar-refractivity contribution is -0.145. The minimum Gasteiger partial charge on any atom is -0.446 e. The largest absolute Gasteiger partial charge is 0.446 e. The summed E-state index contributed by atoms with van der Waals surface area (Å²) in [5, 5.41) is 0. The second kappa shape index (κ2) is 6.62. The van der Waals surface area contributed by atoms with Gasteiger partial charge in [-0.2, -0.15) is 0 Å². The molecular weight excluding hydrogens is 190 g/mol. The second-order valence-corrected chi connectivity index (χ2v) is 4.11. The van der Waals surface area contributed by atoms with Crippen LogP contribution in [0.4, 0.5) is 0 Å². The predicted octanol–water partition coefficient (Wildman–Crippen LogP) is 2.57. The van der Waals surface area contributed by atoms with Crippen LogP contribution < -0.4 is 0 Å². The zero-order valence-electron chi connectivity index (χ0n) is 10.5. The fraction of sp³-hybridized carbons (Fsp3) is 0.750. The Balaban J connectivity index is 4.17. The average Bonchev–Trinajstić information content (AvgIpc) is 2.19. The van der Waals surface area contributed by atoms with Crippen molar-refractivity contribution >= 4 is 5.97 Å². The smallest absolute Gasteiger partial charge is 0.331 e. The lowest BCUT2D eigenvalue weighted by Gasteiger charge is -2.36. The maximum atomic E-state index is 11.1. The van der Waals surface area contributed by atoms with Crippen LogP contribution in [0.1, 0.15) is 41.0 Å². The highest BCUT2D eigenvalue weighted by Gasteiger charge is 2.23. The summed E-state index contributed by atoms with van der Waals surface area (Å²) in [6.07, 6.45) is 4.15. The van der Waals surface area contributed by atoms with Crippen molar-refractivity contribution in [3.05, 3.63) is 12.2 Å². The molecule has 3 heteroatoms. The fourth-order valence-corrected chi connectivity index (χ4v) is 1.24. The third kappa shape index (κ3) is 4.98. The molecule has 0 heterocycles. The van der Waals surface area contributed by atoms with E-state index in [0.29, 0.717) is 6.73 Å². The van der Waals surface area contributed by atoms with Crippen LogP contribution in [0.3, 0.4) is 0 Å². The van der Waals surface area contributed by atoms with Gasteiger partial charge in [-0.1, -0.05) is 19.9 Å². The maximum Gasteiger partial charge on any atom is 0.331 e. The second-order valence-electron chi connectivity index (χ2n) is 4.11. The Labute approximate surface area is 93.1 Å². The SMILES string of the molecule is C/C=C/C(=O)OCN(CC)C(C)(C)CC. The van der Waals surface area contributed by atoms with Crippen LogP contribution in [-0.4, -0.2) is 29.7 Å². The lowest BCUT2D eigenvalue weighted by Crippen LogP contribution is -2.44. The summed E-state index contributed by atoms with van der Waals surface area (Å²) in [6.45, 7) is 11.6. The van der Waals surface area contributed by atoms with Gasteiger partial charge >= 0.3 is 5.97 Å². The number of carbonyl (C=O) groups is 1. The molecular formula is C12H23NO2. The predicted molar refractivity (Wildman–Crippen MR) is 62.5 cm³/mol. The van der Waals surface area contributed by atoms with Gasteiger partial charge in [0.05, 0.1) is 0 Å². The molecule has 15 heavy (non-hydrogen) atoms. The van der Waals surface area contributed by atoms with Crippen molar-refractivity contribution in [1.82, 2.24) is 4.90 Å². The van der Waals surface area contributed by atoms with Crippen molar-refractivity contribution < 1.29 is 9.53 Å². The fourth-order valence-electron chi connectivity index (χ4n) is 1.24. The Morgan fingerprint density at radius 2 is 2.00 bits per heavy atom. The lowest BCUT2D eigenvalue weighted by atomic mass is 10.0. The summed E-state index contributed by atoms with van der Waals surface area (Å²) in [4.78, 5) is 13.3. The molecule has 0 saturated heterocycles. The van der Waals surface area contributed by atoms with Crippen LogP contribution in [0.5, 0.6) is 0 Å². The van der Waals surface area contributed by atoms with E-state index < -0.39 is 0 Å². The Bertz CT molecular complexity index is 222. The first-order valence-corrected chi connectivity index (χ1v) is 5.52. The van der Waals surface area contributed by atoms with Crippen LogP contribution in [0.2, 0.25) is 0 Å². The van der Waals surface area contributed by atoms with E-state index in [0.717, 1.165) is 13.0 Å². The third-order valence-corrected chi connectivity index (χ3v) is 2.77. The van der Waals surface area contributed by atoms with Crippen LogP contribution in [0.25, 0.3) is 0 Å². The summed E-state index contributed by atoms with van der Waals surface area (Å²) < 4.78 is 5.12. The standard InChI is InChI=1S/C12H23NO2/c1-6-9-11(14)15-10-13(8-3)12(4,5)7-2/h6,9H,7-8,10H2,1-5H3/b9-6+. The van der Waals surface area contributed by atoms with Gasteiger partial charge in [0.25, 0.3) is 0 Å². The summed E-state index contributed by atoms with van der Waals surface area (Å²) in [5.74, 6) is -0.275. The van der Waals surface area contributed by atoms with E-state index in [1.54, 1.807) is 13.0 Å². The van der Waals surface area contributed by atoms with E-state index in [-0.39, 0.29) is 11.5 Å². The first-order valence-electron chi connectivity index (χ1n) is 5.52. The highest BCUT2D eigenvalue weighted by Crippen LogP contribution is 2.17. The molecule has 0 bridgehead atoms. The zero-order valence-corrected chi connectivity index (χ0v) is 10.5. The van der Waals surface area contributed by atoms with E-state index in [4.69, 9.17) is 4.74 Å². The Hall–Kier alpha value is -0.830. The van der Waals surface area contributed by atoms with Crippen LogP contribution in [0.15, 0.2) is 12.2 Å². The van der Waals surface area contributed by atoms with Crippen LogP contribution >= 0.6 is 0 Å². The molecule has 0 aliphatic carbocycles. The molecule has 0 N–H and O–H groups in total. The average molecular weight is 213 g/mol. The van der Waals surface area contributed by atoms with Gasteiger partial charge in [-0.15, -0.1) is 0 Å². The molecule has 0 unspecified atom stereocenters. The van der Waals surface area contributed by atoms with Gasteiger partial charge in [0.1, 0.15) is 6.73 Å². The number of allylic oxidation sites excluding steroid dienone is 1. The Kier molecular flexibility index (Phi) is 6.25. The monoisotopic (exact) mass is 213 g/mol. The molecule has 0 aromatic heterocycles. The quantitative estimate of drug-likeness (QED) is 0.386. The molecule has 0 fully saturated rings. The molecule has 0 aliphatic heterocycles. The first kappa shape index (κ1) is 14.2. The molecule has 0 aliphatic rings. The maximum absolute atomic E-state index is 11.1. The van der Waals surface area contributed by atoms with Crippen LogP contribution in [-0.2, 0) is 9.53 Å². The third-order valence-electron chi connectivity index (χ3n) is 2.77. The Morgan fingerprint density at radius 3 is 2.40 bits per heavy atom. The van der Waals surface area contributed by atoms with Crippen molar-refractivity contribution in [3.8, 4) is 0 Å². The van der Waals surface area contributed by atoms with Crippen molar-refractivity contribution in [3.63, 3.8) is 0 Å². The van der Waals surface area contributed by atoms with Crippen molar-refractivity contribution in [2.24, 2.45) is 0 Å². The summed E-state index contributed by atoms with van der Waals surface area (Å²) in [6, 6.07) is 0. The van der Waals surface area contributed by atoms with E-state index >= 15 is 0 Å². The number of esters is 1.